The second-order valence-corrected chi connectivity index (χ2v) is 5.17. The minimum Gasteiger partial charge on any atom is -0.289 e. The van der Waals surface area contributed by atoms with Gasteiger partial charge >= 0.3 is 0 Å². The lowest BCUT2D eigenvalue weighted by Gasteiger charge is -2.20. The third kappa shape index (κ3) is 1.40. The van der Waals surface area contributed by atoms with E-state index in [-0.39, 0.29) is 11.6 Å². The van der Waals surface area contributed by atoms with Gasteiger partial charge in [-0.25, -0.2) is 0 Å². The molecule has 2 nitrogen and oxygen atoms in total. The second-order valence-electron chi connectivity index (χ2n) is 4.32. The van der Waals surface area contributed by atoms with E-state index in [2.05, 4.69) is 15.9 Å². The predicted molar refractivity (Wildman–Crippen MR) is 72.2 cm³/mol. The number of halogens is 1. The standard InChI is InChI=1S/C15H9BrO2/c1-8-6-7-11(16)13-12(8)14(17)9-4-2-3-5-10(9)15(13)18/h2-7H,1H3. The van der Waals surface area contributed by atoms with Crippen molar-refractivity contribution >= 4 is 27.5 Å². The summed E-state index contributed by atoms with van der Waals surface area (Å²) in [5.41, 5.74) is 2.82. The maximum atomic E-state index is 12.5. The second kappa shape index (κ2) is 3.89. The molecule has 2 aromatic rings. The largest absolute Gasteiger partial charge is 0.289 e. The molecule has 0 atom stereocenters. The van der Waals surface area contributed by atoms with E-state index in [0.717, 1.165) is 5.56 Å². The molecule has 0 amide bonds. The van der Waals surface area contributed by atoms with Crippen LogP contribution >= 0.6 is 15.9 Å². The first-order valence-corrected chi connectivity index (χ1v) is 6.38. The van der Waals surface area contributed by atoms with Crippen LogP contribution in [0, 0.1) is 6.92 Å². The van der Waals surface area contributed by atoms with Gasteiger partial charge in [-0.15, -0.1) is 0 Å². The SMILES string of the molecule is Cc1ccc(Br)c2c1C(=O)c1ccccc1C2=O. The van der Waals surface area contributed by atoms with Crippen LogP contribution in [0.15, 0.2) is 40.9 Å². The molecule has 3 rings (SSSR count). The number of hydrogen-bond acceptors (Lipinski definition) is 2. The lowest BCUT2D eigenvalue weighted by molar-refractivity contribution is 0.0978. The summed E-state index contributed by atoms with van der Waals surface area (Å²) in [6.45, 7) is 1.85. The number of carbonyl (C=O) groups excluding carboxylic acids is 2. The number of ketones is 2. The van der Waals surface area contributed by atoms with E-state index >= 15 is 0 Å². The molecule has 2 aromatic carbocycles. The van der Waals surface area contributed by atoms with Gasteiger partial charge in [-0.3, -0.25) is 9.59 Å². The van der Waals surface area contributed by atoms with Crippen LogP contribution in [0.2, 0.25) is 0 Å². The van der Waals surface area contributed by atoms with Gasteiger partial charge < -0.3 is 0 Å². The van der Waals surface area contributed by atoms with E-state index in [1.165, 1.54) is 0 Å². The fraction of sp³-hybridized carbons (Fsp3) is 0.0667. The van der Waals surface area contributed by atoms with Gasteiger partial charge in [0.25, 0.3) is 0 Å². The van der Waals surface area contributed by atoms with E-state index in [1.54, 1.807) is 24.3 Å². The summed E-state index contributed by atoms with van der Waals surface area (Å²) in [5, 5.41) is 0. The van der Waals surface area contributed by atoms with Crippen molar-refractivity contribution in [1.82, 2.24) is 0 Å². The van der Waals surface area contributed by atoms with E-state index < -0.39 is 0 Å². The van der Waals surface area contributed by atoms with E-state index in [4.69, 9.17) is 0 Å². The van der Waals surface area contributed by atoms with Crippen LogP contribution in [0.5, 0.6) is 0 Å². The maximum absolute atomic E-state index is 12.5. The molecule has 0 heterocycles. The van der Waals surface area contributed by atoms with Gasteiger partial charge in [0.1, 0.15) is 0 Å². The third-order valence-electron chi connectivity index (χ3n) is 3.23. The Morgan fingerprint density at radius 3 is 2.00 bits per heavy atom. The number of fused-ring (bicyclic) bond motifs is 2. The fourth-order valence-corrected chi connectivity index (χ4v) is 2.85. The van der Waals surface area contributed by atoms with Crippen LogP contribution in [-0.4, -0.2) is 11.6 Å². The minimum absolute atomic E-state index is 0.0704. The van der Waals surface area contributed by atoms with Gasteiger partial charge in [-0.05, 0) is 18.6 Å². The molecule has 0 radical (unpaired) electrons. The highest BCUT2D eigenvalue weighted by Crippen LogP contribution is 2.33. The van der Waals surface area contributed by atoms with Crippen LogP contribution in [-0.2, 0) is 0 Å². The molecular weight excluding hydrogens is 292 g/mol. The van der Waals surface area contributed by atoms with Crippen molar-refractivity contribution in [2.75, 3.05) is 0 Å². The van der Waals surface area contributed by atoms with Gasteiger partial charge in [0.05, 0.1) is 0 Å². The average molecular weight is 301 g/mol. The van der Waals surface area contributed by atoms with E-state index in [9.17, 15) is 9.59 Å². The molecule has 0 fully saturated rings. The molecule has 0 spiro atoms. The summed E-state index contributed by atoms with van der Waals surface area (Å²) in [6.07, 6.45) is 0. The molecule has 3 heteroatoms. The number of benzene rings is 2. The maximum Gasteiger partial charge on any atom is 0.195 e. The Labute approximate surface area is 113 Å². The fourth-order valence-electron chi connectivity index (χ4n) is 2.34. The Morgan fingerprint density at radius 2 is 1.39 bits per heavy atom. The summed E-state index contributed by atoms with van der Waals surface area (Å²) in [5.74, 6) is -0.158. The Bertz CT molecular complexity index is 642. The van der Waals surface area contributed by atoms with Gasteiger partial charge in [0.15, 0.2) is 11.6 Å². The van der Waals surface area contributed by atoms with Crippen molar-refractivity contribution < 1.29 is 9.59 Å². The van der Waals surface area contributed by atoms with Crippen molar-refractivity contribution in [3.05, 3.63) is 68.7 Å². The van der Waals surface area contributed by atoms with Crippen molar-refractivity contribution in [1.29, 1.82) is 0 Å². The van der Waals surface area contributed by atoms with Crippen molar-refractivity contribution in [2.45, 2.75) is 6.92 Å². The average Bonchev–Trinajstić information content (AvgIpc) is 2.38. The minimum atomic E-state index is -0.0872. The quantitative estimate of drug-likeness (QED) is 0.636. The summed E-state index contributed by atoms with van der Waals surface area (Å²) >= 11 is 3.36. The Balaban J connectivity index is 2.41. The molecule has 0 unspecified atom stereocenters. The van der Waals surface area contributed by atoms with E-state index in [1.807, 2.05) is 19.1 Å². The first kappa shape index (κ1) is 11.4. The molecule has 0 N–H and O–H groups in total. The summed E-state index contributed by atoms with van der Waals surface area (Å²) < 4.78 is 0.677. The summed E-state index contributed by atoms with van der Waals surface area (Å²) in [6, 6.07) is 10.6. The zero-order valence-electron chi connectivity index (χ0n) is 9.66. The Kier molecular flexibility index (Phi) is 2.45. The first-order valence-electron chi connectivity index (χ1n) is 5.59. The molecular formula is C15H9BrO2. The van der Waals surface area contributed by atoms with Crippen LogP contribution in [0.1, 0.15) is 37.4 Å². The van der Waals surface area contributed by atoms with Crippen molar-refractivity contribution in [3.8, 4) is 0 Å². The Hall–Kier alpha value is -1.74. The number of rotatable bonds is 0. The molecule has 18 heavy (non-hydrogen) atoms. The molecule has 0 saturated heterocycles. The van der Waals surface area contributed by atoms with Crippen LogP contribution in [0.25, 0.3) is 0 Å². The highest BCUT2D eigenvalue weighted by Gasteiger charge is 2.31. The lowest BCUT2D eigenvalue weighted by Crippen LogP contribution is -2.22. The van der Waals surface area contributed by atoms with Crippen molar-refractivity contribution in [2.24, 2.45) is 0 Å². The molecule has 0 aromatic heterocycles. The summed E-state index contributed by atoms with van der Waals surface area (Å²) in [4.78, 5) is 24.9. The molecule has 0 aliphatic heterocycles. The predicted octanol–water partition coefficient (Wildman–Crippen LogP) is 3.53. The highest BCUT2D eigenvalue weighted by molar-refractivity contribution is 9.10. The number of carbonyl (C=O) groups is 2. The van der Waals surface area contributed by atoms with Gasteiger partial charge in [-0.1, -0.05) is 46.3 Å². The van der Waals surface area contributed by atoms with Gasteiger partial charge in [-0.2, -0.15) is 0 Å². The van der Waals surface area contributed by atoms with E-state index in [0.29, 0.717) is 26.7 Å². The molecule has 1 aliphatic carbocycles. The molecule has 88 valence electrons. The zero-order chi connectivity index (χ0) is 12.9. The van der Waals surface area contributed by atoms with Gasteiger partial charge in [0.2, 0.25) is 0 Å². The molecule has 1 aliphatic rings. The highest BCUT2D eigenvalue weighted by atomic mass is 79.9. The van der Waals surface area contributed by atoms with Crippen LogP contribution < -0.4 is 0 Å². The normalized spacial score (nSPS) is 13.2. The molecule has 0 saturated carbocycles. The summed E-state index contributed by atoms with van der Waals surface area (Å²) in [7, 11) is 0. The smallest absolute Gasteiger partial charge is 0.195 e. The number of hydrogen-bond donors (Lipinski definition) is 0. The number of aryl methyl sites for hydroxylation is 1. The van der Waals surface area contributed by atoms with Crippen LogP contribution in [0.4, 0.5) is 0 Å². The first-order chi connectivity index (χ1) is 8.61. The third-order valence-corrected chi connectivity index (χ3v) is 3.89. The molecule has 0 bridgehead atoms. The monoisotopic (exact) mass is 300 g/mol. The Morgan fingerprint density at radius 1 is 0.833 bits per heavy atom. The van der Waals surface area contributed by atoms with Crippen LogP contribution in [0.3, 0.4) is 0 Å². The lowest BCUT2D eigenvalue weighted by atomic mass is 9.82. The van der Waals surface area contributed by atoms with Crippen molar-refractivity contribution in [3.63, 3.8) is 0 Å². The topological polar surface area (TPSA) is 34.1 Å². The van der Waals surface area contributed by atoms with Gasteiger partial charge in [0, 0.05) is 26.7 Å². The zero-order valence-corrected chi connectivity index (χ0v) is 11.2.